The highest BCUT2D eigenvalue weighted by atomic mass is 32.1. The molecule has 3 aromatic heterocycles. The van der Waals surface area contributed by atoms with Crippen LogP contribution < -0.4 is 16.4 Å². The summed E-state index contributed by atoms with van der Waals surface area (Å²) in [5, 5.41) is 16.2. The van der Waals surface area contributed by atoms with Gasteiger partial charge in [-0.1, -0.05) is 6.07 Å². The molecule has 2 aromatic carbocycles. The van der Waals surface area contributed by atoms with Crippen LogP contribution in [0.3, 0.4) is 0 Å². The van der Waals surface area contributed by atoms with E-state index in [-0.39, 0.29) is 5.69 Å². The Balaban J connectivity index is 1.31. The fraction of sp³-hybridized carbons (Fsp3) is 0.0400. The zero-order valence-electron chi connectivity index (χ0n) is 18.2. The molecule has 0 unspecified atom stereocenters. The maximum atomic E-state index is 13.3. The topological polar surface area (TPSA) is 126 Å². The Morgan fingerprint density at radius 1 is 1.06 bits per heavy atom. The van der Waals surface area contributed by atoms with E-state index < -0.39 is 17.5 Å². The standard InChI is InChI=1S/C25H19FN6O2S/c26-19-6-4-15(11-21(19)33)32-25(34)17-2-1-9-28-24(17)29-12-16-5-8-22(35-16)14-3-7-20-18(10-14)23(27)31-13-30-20/h1-11,13,33H,12H2,(H,28,29)(H,32,34)(H2,27,30,31). The number of phenolic OH excluding ortho intramolecular Hbond substituents is 1. The summed E-state index contributed by atoms with van der Waals surface area (Å²) in [6.07, 6.45) is 3.03. The predicted octanol–water partition coefficient (Wildman–Crippen LogP) is 5.04. The van der Waals surface area contributed by atoms with Gasteiger partial charge >= 0.3 is 0 Å². The third-order valence-corrected chi connectivity index (χ3v) is 6.43. The van der Waals surface area contributed by atoms with E-state index in [1.807, 2.05) is 30.3 Å². The number of aromatic nitrogens is 3. The molecule has 5 N–H and O–H groups in total. The molecule has 0 radical (unpaired) electrons. The van der Waals surface area contributed by atoms with Crippen LogP contribution in [0.2, 0.25) is 0 Å². The Bertz CT molecular complexity index is 1550. The minimum absolute atomic E-state index is 0.271. The molecule has 0 fully saturated rings. The van der Waals surface area contributed by atoms with Gasteiger partial charge in [-0.05, 0) is 54.1 Å². The van der Waals surface area contributed by atoms with Gasteiger partial charge in [0.2, 0.25) is 0 Å². The number of phenols is 1. The number of nitrogens with two attached hydrogens (primary N) is 1. The monoisotopic (exact) mass is 486 g/mol. The number of halogens is 1. The molecule has 0 aliphatic carbocycles. The molecular formula is C25H19FN6O2S. The smallest absolute Gasteiger partial charge is 0.259 e. The number of hydrogen-bond donors (Lipinski definition) is 4. The van der Waals surface area contributed by atoms with E-state index in [0.717, 1.165) is 38.4 Å². The van der Waals surface area contributed by atoms with Crippen molar-refractivity contribution in [2.75, 3.05) is 16.4 Å². The molecule has 0 aliphatic rings. The van der Waals surface area contributed by atoms with Crippen LogP contribution in [0.25, 0.3) is 21.3 Å². The Morgan fingerprint density at radius 2 is 1.94 bits per heavy atom. The maximum Gasteiger partial charge on any atom is 0.259 e. The molecule has 0 aliphatic heterocycles. The van der Waals surface area contributed by atoms with E-state index in [4.69, 9.17) is 5.73 Å². The van der Waals surface area contributed by atoms with Crippen molar-refractivity contribution >= 4 is 45.5 Å². The first kappa shape index (κ1) is 22.2. The van der Waals surface area contributed by atoms with E-state index in [1.165, 1.54) is 12.4 Å². The van der Waals surface area contributed by atoms with Crippen LogP contribution >= 0.6 is 11.3 Å². The van der Waals surface area contributed by atoms with Gasteiger partial charge in [-0.3, -0.25) is 4.79 Å². The number of rotatable bonds is 6. The van der Waals surface area contributed by atoms with Gasteiger partial charge in [0.1, 0.15) is 18.0 Å². The van der Waals surface area contributed by atoms with Crippen molar-refractivity contribution < 1.29 is 14.3 Å². The first-order valence-electron chi connectivity index (χ1n) is 10.6. The van der Waals surface area contributed by atoms with E-state index in [2.05, 4.69) is 25.6 Å². The molecule has 0 saturated heterocycles. The van der Waals surface area contributed by atoms with Crippen molar-refractivity contribution in [2.45, 2.75) is 6.54 Å². The summed E-state index contributed by atoms with van der Waals surface area (Å²) in [5.74, 6) is -0.895. The fourth-order valence-electron chi connectivity index (χ4n) is 3.55. The van der Waals surface area contributed by atoms with Crippen molar-refractivity contribution in [2.24, 2.45) is 0 Å². The lowest BCUT2D eigenvalue weighted by molar-refractivity contribution is 0.102. The van der Waals surface area contributed by atoms with Crippen LogP contribution in [-0.2, 0) is 6.54 Å². The molecule has 5 rings (SSSR count). The average molecular weight is 487 g/mol. The van der Waals surface area contributed by atoms with Gasteiger partial charge in [-0.2, -0.15) is 0 Å². The van der Waals surface area contributed by atoms with Gasteiger partial charge in [-0.25, -0.2) is 19.3 Å². The summed E-state index contributed by atoms with van der Waals surface area (Å²) < 4.78 is 13.3. The molecular weight excluding hydrogens is 467 g/mol. The van der Waals surface area contributed by atoms with Crippen molar-refractivity contribution in [3.8, 4) is 16.2 Å². The van der Waals surface area contributed by atoms with Crippen molar-refractivity contribution in [3.63, 3.8) is 0 Å². The van der Waals surface area contributed by atoms with Crippen molar-refractivity contribution in [3.05, 3.63) is 89.4 Å². The number of pyridine rings is 1. The van der Waals surface area contributed by atoms with Crippen LogP contribution in [0.15, 0.2) is 73.2 Å². The Labute approximate surface area is 203 Å². The number of fused-ring (bicyclic) bond motifs is 1. The maximum absolute atomic E-state index is 13.3. The van der Waals surface area contributed by atoms with Gasteiger partial charge in [0.05, 0.1) is 17.6 Å². The first-order valence-corrected chi connectivity index (χ1v) is 11.4. The number of aromatic hydroxyl groups is 1. The molecule has 0 atom stereocenters. The number of nitrogens with one attached hydrogen (secondary N) is 2. The molecule has 10 heteroatoms. The van der Waals surface area contributed by atoms with E-state index in [0.29, 0.717) is 23.7 Å². The highest BCUT2D eigenvalue weighted by molar-refractivity contribution is 7.15. The largest absolute Gasteiger partial charge is 0.505 e. The number of amides is 1. The zero-order chi connectivity index (χ0) is 24.4. The molecule has 8 nitrogen and oxygen atoms in total. The van der Waals surface area contributed by atoms with Crippen molar-refractivity contribution in [1.29, 1.82) is 0 Å². The first-order chi connectivity index (χ1) is 17.0. The third kappa shape index (κ3) is 4.73. The Kier molecular flexibility index (Phi) is 5.94. The van der Waals surface area contributed by atoms with Gasteiger partial charge in [0.25, 0.3) is 5.91 Å². The second kappa shape index (κ2) is 9.35. The lowest BCUT2D eigenvalue weighted by atomic mass is 10.1. The summed E-state index contributed by atoms with van der Waals surface area (Å²) in [4.78, 5) is 27.5. The fourth-order valence-corrected chi connectivity index (χ4v) is 4.49. The van der Waals surface area contributed by atoms with Gasteiger partial charge < -0.3 is 21.5 Å². The Morgan fingerprint density at radius 3 is 2.80 bits per heavy atom. The highest BCUT2D eigenvalue weighted by Crippen LogP contribution is 2.31. The molecule has 174 valence electrons. The number of carbonyl (C=O) groups is 1. The molecule has 35 heavy (non-hydrogen) atoms. The predicted molar refractivity (Wildman–Crippen MR) is 135 cm³/mol. The Hall–Kier alpha value is -4.57. The van der Waals surface area contributed by atoms with Gasteiger partial charge in [0, 0.05) is 33.1 Å². The zero-order valence-corrected chi connectivity index (χ0v) is 19.0. The molecule has 0 saturated carbocycles. The summed E-state index contributed by atoms with van der Waals surface area (Å²) in [6, 6.07) is 16.8. The van der Waals surface area contributed by atoms with E-state index >= 15 is 0 Å². The molecule has 0 spiro atoms. The van der Waals surface area contributed by atoms with Gasteiger partial charge in [0.15, 0.2) is 11.6 Å². The van der Waals surface area contributed by atoms with Crippen LogP contribution in [0.5, 0.6) is 5.75 Å². The summed E-state index contributed by atoms with van der Waals surface area (Å²) in [7, 11) is 0. The molecule has 5 aromatic rings. The second-order valence-electron chi connectivity index (χ2n) is 7.63. The van der Waals surface area contributed by atoms with Crippen LogP contribution in [-0.4, -0.2) is 26.0 Å². The third-order valence-electron chi connectivity index (χ3n) is 5.30. The molecule has 0 bridgehead atoms. The SMILES string of the molecule is Nc1ncnc2ccc(-c3ccc(CNc4ncccc4C(=O)Nc4ccc(F)c(O)c4)s3)cc12. The highest BCUT2D eigenvalue weighted by Gasteiger charge is 2.14. The lowest BCUT2D eigenvalue weighted by Crippen LogP contribution is -2.15. The number of thiophene rings is 1. The number of carbonyl (C=O) groups excluding carboxylic acids is 1. The average Bonchev–Trinajstić information content (AvgIpc) is 3.34. The number of nitrogens with zero attached hydrogens (tertiary/aromatic N) is 3. The van der Waals surface area contributed by atoms with Crippen LogP contribution in [0, 0.1) is 5.82 Å². The summed E-state index contributed by atoms with van der Waals surface area (Å²) in [5.41, 5.74) is 8.38. The summed E-state index contributed by atoms with van der Waals surface area (Å²) in [6.45, 7) is 0.456. The van der Waals surface area contributed by atoms with Crippen LogP contribution in [0.4, 0.5) is 21.7 Å². The number of anilines is 3. The molecule has 1 amide bonds. The normalized spacial score (nSPS) is 10.9. The molecule has 3 heterocycles. The van der Waals surface area contributed by atoms with E-state index in [1.54, 1.807) is 29.7 Å². The minimum Gasteiger partial charge on any atom is -0.505 e. The number of hydrogen-bond acceptors (Lipinski definition) is 8. The van der Waals surface area contributed by atoms with Crippen molar-refractivity contribution in [1.82, 2.24) is 15.0 Å². The van der Waals surface area contributed by atoms with Gasteiger partial charge in [-0.15, -0.1) is 11.3 Å². The summed E-state index contributed by atoms with van der Waals surface area (Å²) >= 11 is 1.60. The minimum atomic E-state index is -0.762. The van der Waals surface area contributed by atoms with Crippen LogP contribution in [0.1, 0.15) is 15.2 Å². The number of nitrogen functional groups attached to an aromatic ring is 1. The second-order valence-corrected chi connectivity index (χ2v) is 8.80. The lowest BCUT2D eigenvalue weighted by Gasteiger charge is -2.11. The quantitative estimate of drug-likeness (QED) is 0.265. The number of benzene rings is 2. The van der Waals surface area contributed by atoms with E-state index in [9.17, 15) is 14.3 Å².